The van der Waals surface area contributed by atoms with Crippen molar-refractivity contribution < 1.29 is 4.79 Å². The van der Waals surface area contributed by atoms with E-state index in [1.165, 1.54) is 11.3 Å². The number of nitrogens with zero attached hydrogens (tertiary/aromatic N) is 2. The van der Waals surface area contributed by atoms with Gasteiger partial charge >= 0.3 is 0 Å². The Kier molecular flexibility index (Phi) is 6.16. The Bertz CT molecular complexity index is 969. The predicted octanol–water partition coefficient (Wildman–Crippen LogP) is 3.74. The van der Waals surface area contributed by atoms with E-state index in [4.69, 9.17) is 11.6 Å². The minimum Gasteiger partial charge on any atom is -0.312 e. The van der Waals surface area contributed by atoms with Crippen LogP contribution in [0.2, 0.25) is 5.02 Å². The fourth-order valence-electron chi connectivity index (χ4n) is 3.03. The fourth-order valence-corrected chi connectivity index (χ4v) is 4.21. The van der Waals surface area contributed by atoms with Gasteiger partial charge in [0.2, 0.25) is 0 Å². The van der Waals surface area contributed by atoms with E-state index in [-0.39, 0.29) is 18.3 Å². The standard InChI is InChI=1S/C18H18ClN5OS.ClH/c1-10-15(8-11-4-2-3-5-13(11)19)26-18(21-10)22-17(25)16-12-9-20-7-6-14(12)23-24-16;/h2-5,20H,6-9H2,1H3,(H,23,24)(H,21,22,25);1H. The molecule has 9 heteroatoms. The van der Waals surface area contributed by atoms with Gasteiger partial charge in [0.25, 0.3) is 5.91 Å². The van der Waals surface area contributed by atoms with Gasteiger partial charge in [-0.2, -0.15) is 5.10 Å². The normalized spacial score (nSPS) is 13.0. The van der Waals surface area contributed by atoms with E-state index >= 15 is 0 Å². The van der Waals surface area contributed by atoms with Crippen molar-refractivity contribution >= 4 is 46.4 Å². The number of hydrogen-bond donors (Lipinski definition) is 3. The molecule has 4 rings (SSSR count). The summed E-state index contributed by atoms with van der Waals surface area (Å²) < 4.78 is 0. The summed E-state index contributed by atoms with van der Waals surface area (Å²) in [5.41, 5.74) is 4.36. The maximum atomic E-state index is 12.6. The summed E-state index contributed by atoms with van der Waals surface area (Å²) in [6.45, 7) is 3.50. The summed E-state index contributed by atoms with van der Waals surface area (Å²) in [6, 6.07) is 7.76. The summed E-state index contributed by atoms with van der Waals surface area (Å²) in [5, 5.41) is 14.6. The maximum Gasteiger partial charge on any atom is 0.278 e. The van der Waals surface area contributed by atoms with E-state index in [0.717, 1.165) is 45.4 Å². The van der Waals surface area contributed by atoms with Gasteiger partial charge in [0, 0.05) is 47.1 Å². The molecule has 6 nitrogen and oxygen atoms in total. The predicted molar refractivity (Wildman–Crippen MR) is 110 cm³/mol. The highest BCUT2D eigenvalue weighted by atomic mass is 35.5. The summed E-state index contributed by atoms with van der Waals surface area (Å²) in [4.78, 5) is 18.2. The van der Waals surface area contributed by atoms with E-state index in [1.54, 1.807) is 0 Å². The van der Waals surface area contributed by atoms with E-state index in [2.05, 4.69) is 25.8 Å². The average Bonchev–Trinajstić information content (AvgIpc) is 3.20. The van der Waals surface area contributed by atoms with Crippen LogP contribution in [-0.4, -0.2) is 27.6 Å². The van der Waals surface area contributed by atoms with Crippen LogP contribution in [0.3, 0.4) is 0 Å². The molecule has 2 aromatic heterocycles. The second kappa shape index (κ2) is 8.39. The van der Waals surface area contributed by atoms with Crippen LogP contribution in [0.4, 0.5) is 5.13 Å². The van der Waals surface area contributed by atoms with Crippen molar-refractivity contribution in [3.63, 3.8) is 0 Å². The van der Waals surface area contributed by atoms with Crippen molar-refractivity contribution in [3.8, 4) is 0 Å². The van der Waals surface area contributed by atoms with Crippen molar-refractivity contribution in [1.82, 2.24) is 20.5 Å². The lowest BCUT2D eigenvalue weighted by atomic mass is 10.1. The Morgan fingerprint density at radius 1 is 1.37 bits per heavy atom. The Morgan fingerprint density at radius 3 is 3.00 bits per heavy atom. The number of halogens is 2. The average molecular weight is 424 g/mol. The van der Waals surface area contributed by atoms with Crippen LogP contribution in [0.1, 0.15) is 37.9 Å². The lowest BCUT2D eigenvalue weighted by molar-refractivity contribution is 0.102. The van der Waals surface area contributed by atoms with E-state index in [9.17, 15) is 4.79 Å². The van der Waals surface area contributed by atoms with Gasteiger partial charge in [-0.1, -0.05) is 29.8 Å². The molecule has 0 bridgehead atoms. The maximum absolute atomic E-state index is 12.6. The first kappa shape index (κ1) is 19.8. The van der Waals surface area contributed by atoms with E-state index in [1.807, 2.05) is 31.2 Å². The second-order valence-electron chi connectivity index (χ2n) is 6.21. The number of aromatic amines is 1. The summed E-state index contributed by atoms with van der Waals surface area (Å²) in [6.07, 6.45) is 1.55. The third-order valence-corrected chi connectivity index (χ3v) is 5.88. The number of anilines is 1. The molecular weight excluding hydrogens is 405 g/mol. The van der Waals surface area contributed by atoms with Gasteiger partial charge in [-0.3, -0.25) is 15.2 Å². The number of carbonyl (C=O) groups is 1. The molecule has 0 radical (unpaired) electrons. The molecule has 1 aromatic carbocycles. The Labute approximate surface area is 172 Å². The lowest BCUT2D eigenvalue weighted by Gasteiger charge is -2.12. The van der Waals surface area contributed by atoms with Crippen molar-refractivity contribution in [2.24, 2.45) is 0 Å². The van der Waals surface area contributed by atoms with Gasteiger partial charge in [-0.15, -0.1) is 23.7 Å². The zero-order chi connectivity index (χ0) is 18.1. The molecular formula is C18H19Cl2N5OS. The molecule has 1 amide bonds. The molecule has 1 aliphatic rings. The molecule has 0 aliphatic carbocycles. The first-order valence-corrected chi connectivity index (χ1v) is 9.59. The number of carbonyl (C=O) groups excluding carboxylic acids is 1. The SMILES string of the molecule is Cc1nc(NC(=O)c2n[nH]c3c2CNCC3)sc1Cc1ccccc1Cl.Cl. The van der Waals surface area contributed by atoms with Crippen LogP contribution in [0.5, 0.6) is 0 Å². The van der Waals surface area contributed by atoms with Crippen LogP contribution in [0.25, 0.3) is 0 Å². The van der Waals surface area contributed by atoms with Gasteiger partial charge in [0.15, 0.2) is 10.8 Å². The number of thiazole rings is 1. The second-order valence-corrected chi connectivity index (χ2v) is 7.70. The molecule has 3 N–H and O–H groups in total. The molecule has 142 valence electrons. The Hall–Kier alpha value is -1.93. The number of nitrogens with one attached hydrogen (secondary N) is 3. The molecule has 0 fully saturated rings. The third kappa shape index (κ3) is 4.16. The highest BCUT2D eigenvalue weighted by Gasteiger charge is 2.22. The minimum atomic E-state index is -0.232. The zero-order valence-corrected chi connectivity index (χ0v) is 17.0. The first-order chi connectivity index (χ1) is 12.6. The number of aryl methyl sites for hydroxylation is 1. The molecule has 3 aromatic rings. The number of fused-ring (bicyclic) bond motifs is 1. The highest BCUT2D eigenvalue weighted by molar-refractivity contribution is 7.15. The molecule has 3 heterocycles. The Morgan fingerprint density at radius 2 is 2.19 bits per heavy atom. The van der Waals surface area contributed by atoms with Gasteiger partial charge in [0.05, 0.1) is 5.69 Å². The lowest BCUT2D eigenvalue weighted by Crippen LogP contribution is -2.25. The quantitative estimate of drug-likeness (QED) is 0.596. The molecule has 0 atom stereocenters. The summed E-state index contributed by atoms with van der Waals surface area (Å²) >= 11 is 7.72. The Balaban J connectivity index is 0.00000210. The fraction of sp³-hybridized carbons (Fsp3) is 0.278. The first-order valence-electron chi connectivity index (χ1n) is 8.39. The minimum absolute atomic E-state index is 0. The molecule has 1 aliphatic heterocycles. The molecule has 0 unspecified atom stereocenters. The molecule has 0 saturated carbocycles. The van der Waals surface area contributed by atoms with Crippen LogP contribution in [-0.2, 0) is 19.4 Å². The van der Waals surface area contributed by atoms with E-state index in [0.29, 0.717) is 23.8 Å². The van der Waals surface area contributed by atoms with Crippen LogP contribution in [0, 0.1) is 6.92 Å². The number of hydrogen-bond acceptors (Lipinski definition) is 5. The van der Waals surface area contributed by atoms with Gasteiger partial charge in [-0.05, 0) is 18.6 Å². The molecule has 0 saturated heterocycles. The number of amides is 1. The third-order valence-electron chi connectivity index (χ3n) is 4.44. The molecule has 27 heavy (non-hydrogen) atoms. The number of H-pyrrole nitrogens is 1. The van der Waals surface area contributed by atoms with Crippen LogP contribution >= 0.6 is 35.3 Å². The van der Waals surface area contributed by atoms with Crippen LogP contribution < -0.4 is 10.6 Å². The number of aromatic nitrogens is 3. The number of rotatable bonds is 4. The van der Waals surface area contributed by atoms with Crippen molar-refractivity contribution in [3.05, 3.63) is 62.4 Å². The zero-order valence-electron chi connectivity index (χ0n) is 14.6. The van der Waals surface area contributed by atoms with Crippen LogP contribution in [0.15, 0.2) is 24.3 Å². The topological polar surface area (TPSA) is 82.7 Å². The van der Waals surface area contributed by atoms with Gasteiger partial charge in [-0.25, -0.2) is 4.98 Å². The van der Waals surface area contributed by atoms with Crippen molar-refractivity contribution in [2.75, 3.05) is 11.9 Å². The smallest absolute Gasteiger partial charge is 0.278 e. The van der Waals surface area contributed by atoms with Gasteiger partial charge in [0.1, 0.15) is 0 Å². The van der Waals surface area contributed by atoms with Gasteiger partial charge < -0.3 is 5.32 Å². The molecule has 0 spiro atoms. The van der Waals surface area contributed by atoms with Crippen molar-refractivity contribution in [1.29, 1.82) is 0 Å². The largest absolute Gasteiger partial charge is 0.312 e. The monoisotopic (exact) mass is 423 g/mol. The highest BCUT2D eigenvalue weighted by Crippen LogP contribution is 2.28. The van der Waals surface area contributed by atoms with E-state index < -0.39 is 0 Å². The summed E-state index contributed by atoms with van der Waals surface area (Å²) in [5.74, 6) is -0.232. The van der Waals surface area contributed by atoms with Crippen molar-refractivity contribution in [2.45, 2.75) is 26.3 Å². The summed E-state index contributed by atoms with van der Waals surface area (Å²) in [7, 11) is 0. The number of benzene rings is 1.